The van der Waals surface area contributed by atoms with Crippen LogP contribution in [0.1, 0.15) is 67.8 Å². The zero-order valence-corrected chi connectivity index (χ0v) is 24.0. The van der Waals surface area contributed by atoms with Crippen molar-refractivity contribution < 1.29 is 28.8 Å². The lowest BCUT2D eigenvalue weighted by Gasteiger charge is -2.38. The van der Waals surface area contributed by atoms with E-state index >= 15 is 0 Å². The molecule has 1 saturated carbocycles. The number of amides is 4. The van der Waals surface area contributed by atoms with Crippen molar-refractivity contribution in [2.45, 2.75) is 71.9 Å². The number of ether oxygens (including phenoxy) is 1. The normalized spacial score (nSPS) is 20.6. The molecule has 2 heterocycles. The summed E-state index contributed by atoms with van der Waals surface area (Å²) >= 11 is 0. The fourth-order valence-electron chi connectivity index (χ4n) is 5.34. The van der Waals surface area contributed by atoms with Crippen molar-refractivity contribution in [2.75, 3.05) is 37.4 Å². The molecule has 3 atom stereocenters. The first-order valence-corrected chi connectivity index (χ1v) is 14.1. The van der Waals surface area contributed by atoms with Gasteiger partial charge in [0.25, 0.3) is 5.91 Å². The molecule has 0 saturated heterocycles. The number of rotatable bonds is 7. The highest BCUT2D eigenvalue weighted by molar-refractivity contribution is 6.00. The summed E-state index contributed by atoms with van der Waals surface area (Å²) in [6, 6.07) is 4.31. The number of hydrogen-bond donors (Lipinski definition) is 3. The van der Waals surface area contributed by atoms with E-state index < -0.39 is 12.1 Å². The zero-order chi connectivity index (χ0) is 29.0. The van der Waals surface area contributed by atoms with Crippen molar-refractivity contribution >= 4 is 29.2 Å². The van der Waals surface area contributed by atoms with Gasteiger partial charge in [0, 0.05) is 31.1 Å². The van der Waals surface area contributed by atoms with E-state index in [1.807, 2.05) is 6.92 Å². The maximum Gasteiger partial charge on any atom is 0.321 e. The molecule has 1 aliphatic heterocycles. The summed E-state index contributed by atoms with van der Waals surface area (Å²) < 4.78 is 11.5. The Morgan fingerprint density at radius 1 is 1.20 bits per heavy atom. The van der Waals surface area contributed by atoms with Crippen LogP contribution in [0.15, 0.2) is 22.7 Å². The van der Waals surface area contributed by atoms with Gasteiger partial charge in [0.2, 0.25) is 5.91 Å². The van der Waals surface area contributed by atoms with Crippen molar-refractivity contribution in [3.05, 3.63) is 35.2 Å². The number of benzene rings is 1. The SMILES string of the molecule is Cc1noc(C)c1NC(=O)N(C)C[C@@H]1Oc2ccc(NC(=O)C3CCCCC3)cc2C(=O)N([C@@H](C)CO)C[C@@H]1C. The van der Waals surface area contributed by atoms with Crippen molar-refractivity contribution in [2.24, 2.45) is 11.8 Å². The number of urea groups is 1. The first kappa shape index (κ1) is 29.4. The standard InChI is InChI=1S/C29H41N5O6/c1-17-14-34(18(2)16-35)28(37)23-13-22(30-27(36)21-9-7-6-8-10-21)11-12-24(23)39-25(17)15-33(5)29(38)31-26-19(3)32-40-20(26)4/h11-13,17-18,21,25,35H,6-10,14-16H2,1-5H3,(H,30,36)(H,31,38)/t17-,18-,25-/m0/s1. The quantitative estimate of drug-likeness (QED) is 0.466. The molecule has 2 aromatic rings. The van der Waals surface area contributed by atoms with Crippen LogP contribution in [0.5, 0.6) is 5.75 Å². The number of fused-ring (bicyclic) bond motifs is 1. The van der Waals surface area contributed by atoms with Crippen LogP contribution in [0.3, 0.4) is 0 Å². The van der Waals surface area contributed by atoms with Gasteiger partial charge in [0.15, 0.2) is 5.76 Å². The van der Waals surface area contributed by atoms with Crippen LogP contribution < -0.4 is 15.4 Å². The number of aromatic nitrogens is 1. The molecule has 0 spiro atoms. The Labute approximate surface area is 235 Å². The molecule has 1 aromatic carbocycles. The van der Waals surface area contributed by atoms with Crippen molar-refractivity contribution in [3.8, 4) is 5.75 Å². The van der Waals surface area contributed by atoms with Gasteiger partial charge in [-0.05, 0) is 51.8 Å². The predicted octanol–water partition coefficient (Wildman–Crippen LogP) is 4.19. The topological polar surface area (TPSA) is 137 Å². The van der Waals surface area contributed by atoms with E-state index in [4.69, 9.17) is 9.26 Å². The molecule has 3 N–H and O–H groups in total. The average Bonchev–Trinajstić information content (AvgIpc) is 3.27. The molecule has 0 bridgehead atoms. The van der Waals surface area contributed by atoms with E-state index in [1.54, 1.807) is 50.9 Å². The number of nitrogens with zero attached hydrogens (tertiary/aromatic N) is 3. The van der Waals surface area contributed by atoms with Gasteiger partial charge in [-0.25, -0.2) is 4.79 Å². The van der Waals surface area contributed by atoms with Crippen LogP contribution >= 0.6 is 0 Å². The number of aliphatic hydroxyl groups is 1. The van der Waals surface area contributed by atoms with Gasteiger partial charge in [-0.3, -0.25) is 9.59 Å². The van der Waals surface area contributed by atoms with Crippen LogP contribution in [-0.4, -0.2) is 76.8 Å². The second-order valence-electron chi connectivity index (χ2n) is 11.2. The van der Waals surface area contributed by atoms with E-state index in [0.717, 1.165) is 32.1 Å². The molecule has 4 amide bonds. The summed E-state index contributed by atoms with van der Waals surface area (Å²) in [7, 11) is 1.67. The van der Waals surface area contributed by atoms with E-state index in [1.165, 1.54) is 4.90 Å². The first-order chi connectivity index (χ1) is 19.1. The lowest BCUT2D eigenvalue weighted by molar-refractivity contribution is -0.120. The van der Waals surface area contributed by atoms with Crippen LogP contribution in [0.4, 0.5) is 16.2 Å². The van der Waals surface area contributed by atoms with Gasteiger partial charge in [-0.15, -0.1) is 0 Å². The number of aliphatic hydroxyl groups excluding tert-OH is 1. The van der Waals surface area contributed by atoms with Crippen molar-refractivity contribution in [1.29, 1.82) is 0 Å². The van der Waals surface area contributed by atoms with Gasteiger partial charge < -0.3 is 34.8 Å². The first-order valence-electron chi connectivity index (χ1n) is 14.1. The molecule has 11 heteroatoms. The number of likely N-dealkylation sites (N-methyl/N-ethyl adjacent to an activating group) is 1. The fraction of sp³-hybridized carbons (Fsp3) is 0.586. The monoisotopic (exact) mass is 555 g/mol. The summed E-state index contributed by atoms with van der Waals surface area (Å²) in [4.78, 5) is 42.7. The molecule has 40 heavy (non-hydrogen) atoms. The second kappa shape index (κ2) is 12.7. The van der Waals surface area contributed by atoms with Crippen molar-refractivity contribution in [1.82, 2.24) is 15.0 Å². The molecule has 218 valence electrons. The lowest BCUT2D eigenvalue weighted by atomic mass is 9.88. The van der Waals surface area contributed by atoms with Gasteiger partial charge in [0.05, 0.1) is 24.8 Å². The second-order valence-corrected chi connectivity index (χ2v) is 11.2. The highest BCUT2D eigenvalue weighted by Gasteiger charge is 2.34. The molecule has 11 nitrogen and oxygen atoms in total. The van der Waals surface area contributed by atoms with E-state index in [9.17, 15) is 19.5 Å². The van der Waals surface area contributed by atoms with Crippen LogP contribution in [0.2, 0.25) is 0 Å². The Morgan fingerprint density at radius 3 is 2.58 bits per heavy atom. The number of anilines is 2. The van der Waals surface area contributed by atoms with Gasteiger partial charge in [0.1, 0.15) is 23.2 Å². The largest absolute Gasteiger partial charge is 0.487 e. The maximum atomic E-state index is 13.7. The Bertz CT molecular complexity index is 1200. The van der Waals surface area contributed by atoms with Crippen LogP contribution in [0.25, 0.3) is 0 Å². The Morgan fingerprint density at radius 2 is 1.93 bits per heavy atom. The summed E-state index contributed by atoms with van der Waals surface area (Å²) in [5.41, 5.74) is 1.96. The number of carbonyl (C=O) groups excluding carboxylic acids is 3. The molecule has 2 aliphatic rings. The zero-order valence-electron chi connectivity index (χ0n) is 24.0. The van der Waals surface area contributed by atoms with Crippen LogP contribution in [-0.2, 0) is 4.79 Å². The third-order valence-electron chi connectivity index (χ3n) is 7.97. The van der Waals surface area contributed by atoms with Gasteiger partial charge in [-0.1, -0.05) is 31.3 Å². The van der Waals surface area contributed by atoms with Gasteiger partial charge >= 0.3 is 6.03 Å². The number of carbonyl (C=O) groups is 3. The highest BCUT2D eigenvalue weighted by atomic mass is 16.5. The minimum atomic E-state index is -0.455. The minimum absolute atomic E-state index is 0.0223. The fourth-order valence-corrected chi connectivity index (χ4v) is 5.34. The summed E-state index contributed by atoms with van der Waals surface area (Å²) in [5, 5.41) is 19.6. The third-order valence-corrected chi connectivity index (χ3v) is 7.97. The van der Waals surface area contributed by atoms with E-state index in [-0.39, 0.29) is 42.8 Å². The van der Waals surface area contributed by atoms with E-state index in [0.29, 0.717) is 40.7 Å². The number of aryl methyl sites for hydroxylation is 2. The predicted molar refractivity (Wildman–Crippen MR) is 150 cm³/mol. The highest BCUT2D eigenvalue weighted by Crippen LogP contribution is 2.32. The summed E-state index contributed by atoms with van der Waals surface area (Å²) in [6.45, 7) is 7.60. The average molecular weight is 556 g/mol. The molecule has 1 aromatic heterocycles. The van der Waals surface area contributed by atoms with Gasteiger partial charge in [-0.2, -0.15) is 0 Å². The molecule has 0 radical (unpaired) electrons. The minimum Gasteiger partial charge on any atom is -0.487 e. The summed E-state index contributed by atoms with van der Waals surface area (Å²) in [6.07, 6.45) is 4.54. The third kappa shape index (κ3) is 6.57. The van der Waals surface area contributed by atoms with Crippen molar-refractivity contribution in [3.63, 3.8) is 0 Å². The van der Waals surface area contributed by atoms with Crippen LogP contribution in [0, 0.1) is 25.7 Å². The summed E-state index contributed by atoms with van der Waals surface area (Å²) in [5.74, 6) is 0.392. The molecule has 1 fully saturated rings. The molecule has 1 aliphatic carbocycles. The lowest BCUT2D eigenvalue weighted by Crippen LogP contribution is -2.50. The molecular weight excluding hydrogens is 514 g/mol. The Balaban J connectivity index is 1.56. The number of nitrogens with one attached hydrogen (secondary N) is 2. The Hall–Kier alpha value is -3.60. The van der Waals surface area contributed by atoms with E-state index in [2.05, 4.69) is 15.8 Å². The molecule has 0 unspecified atom stereocenters. The molecule has 4 rings (SSSR count). The smallest absolute Gasteiger partial charge is 0.321 e. The maximum absolute atomic E-state index is 13.7. The molecular formula is C29H41N5O6. The number of hydrogen-bond acceptors (Lipinski definition) is 7. The Kier molecular flexibility index (Phi) is 9.34.